The SMILES string of the molecule is CC(C)(C)OC(=O)N[C@@H](Cc1ccccc1)C(=O)N[C@](C)(Cc1ccccc1)C(=O)NCCCCCCCCC(N)=O. The van der Waals surface area contributed by atoms with Crippen LogP contribution >= 0.6 is 0 Å². The van der Waals surface area contributed by atoms with E-state index in [-0.39, 0.29) is 24.7 Å². The van der Waals surface area contributed by atoms with Crippen molar-refractivity contribution >= 4 is 23.8 Å². The molecule has 0 bridgehead atoms. The van der Waals surface area contributed by atoms with E-state index in [4.69, 9.17) is 10.5 Å². The van der Waals surface area contributed by atoms with E-state index in [0.29, 0.717) is 13.0 Å². The number of carbonyl (C=O) groups is 4. The second-order valence-electron chi connectivity index (χ2n) is 12.0. The van der Waals surface area contributed by atoms with Crippen molar-refractivity contribution in [3.63, 3.8) is 0 Å². The fourth-order valence-corrected chi connectivity index (χ4v) is 4.58. The first-order valence-corrected chi connectivity index (χ1v) is 14.8. The van der Waals surface area contributed by atoms with Crippen molar-refractivity contribution in [3.8, 4) is 0 Å². The Morgan fingerprint density at radius 1 is 0.786 bits per heavy atom. The molecule has 0 aliphatic carbocycles. The molecule has 0 saturated carbocycles. The zero-order chi connectivity index (χ0) is 31.0. The summed E-state index contributed by atoms with van der Waals surface area (Å²) in [5.74, 6) is -1.04. The van der Waals surface area contributed by atoms with Gasteiger partial charge in [0.05, 0.1) is 0 Å². The smallest absolute Gasteiger partial charge is 0.408 e. The van der Waals surface area contributed by atoms with Crippen molar-refractivity contribution in [1.82, 2.24) is 16.0 Å². The lowest BCUT2D eigenvalue weighted by Gasteiger charge is -2.32. The lowest BCUT2D eigenvalue weighted by atomic mass is 9.90. The van der Waals surface area contributed by atoms with Crippen LogP contribution in [0, 0.1) is 0 Å². The van der Waals surface area contributed by atoms with Gasteiger partial charge in [-0.1, -0.05) is 86.3 Å². The Morgan fingerprint density at radius 3 is 1.90 bits per heavy atom. The van der Waals surface area contributed by atoms with Crippen LogP contribution in [-0.4, -0.2) is 47.5 Å². The van der Waals surface area contributed by atoms with Gasteiger partial charge in [-0.05, 0) is 51.7 Å². The summed E-state index contributed by atoms with van der Waals surface area (Å²) in [6.07, 6.45) is 5.73. The van der Waals surface area contributed by atoms with Crippen LogP contribution in [0.5, 0.6) is 0 Å². The molecule has 0 radical (unpaired) electrons. The molecule has 0 fully saturated rings. The average Bonchev–Trinajstić information content (AvgIpc) is 2.91. The first-order valence-electron chi connectivity index (χ1n) is 14.8. The maximum atomic E-state index is 13.7. The quantitative estimate of drug-likeness (QED) is 0.203. The van der Waals surface area contributed by atoms with Crippen molar-refractivity contribution in [2.24, 2.45) is 5.73 Å². The van der Waals surface area contributed by atoms with Crippen LogP contribution in [0.3, 0.4) is 0 Å². The van der Waals surface area contributed by atoms with Gasteiger partial charge in [0, 0.05) is 25.8 Å². The summed E-state index contributed by atoms with van der Waals surface area (Å²) in [7, 11) is 0. The highest BCUT2D eigenvalue weighted by Crippen LogP contribution is 2.16. The summed E-state index contributed by atoms with van der Waals surface area (Å²) < 4.78 is 5.42. The molecule has 9 nitrogen and oxygen atoms in total. The maximum Gasteiger partial charge on any atom is 0.408 e. The molecule has 0 aromatic heterocycles. The second kappa shape index (κ2) is 17.2. The monoisotopic (exact) mass is 580 g/mol. The molecular formula is C33H48N4O5. The lowest BCUT2D eigenvalue weighted by Crippen LogP contribution is -2.62. The van der Waals surface area contributed by atoms with Gasteiger partial charge in [0.2, 0.25) is 17.7 Å². The Kier molecular flexibility index (Phi) is 14.0. The fraction of sp³-hybridized carbons (Fsp3) is 0.515. The summed E-state index contributed by atoms with van der Waals surface area (Å²) in [5, 5.41) is 8.66. The molecule has 0 saturated heterocycles. The topological polar surface area (TPSA) is 140 Å². The number of benzene rings is 2. The first-order chi connectivity index (χ1) is 19.9. The molecule has 0 spiro atoms. The van der Waals surface area contributed by atoms with Gasteiger partial charge in [0.15, 0.2) is 0 Å². The second-order valence-corrected chi connectivity index (χ2v) is 12.0. The van der Waals surface area contributed by atoms with Gasteiger partial charge in [0.1, 0.15) is 17.2 Å². The molecule has 5 N–H and O–H groups in total. The van der Waals surface area contributed by atoms with Crippen LogP contribution in [0.25, 0.3) is 0 Å². The van der Waals surface area contributed by atoms with Crippen LogP contribution in [-0.2, 0) is 32.0 Å². The highest BCUT2D eigenvalue weighted by Gasteiger charge is 2.37. The van der Waals surface area contributed by atoms with E-state index in [1.165, 1.54) is 0 Å². The maximum absolute atomic E-state index is 13.7. The van der Waals surface area contributed by atoms with Crippen molar-refractivity contribution in [3.05, 3.63) is 71.8 Å². The summed E-state index contributed by atoms with van der Waals surface area (Å²) in [6, 6.07) is 17.9. The molecule has 0 aliphatic heterocycles. The largest absolute Gasteiger partial charge is 0.444 e. The van der Waals surface area contributed by atoms with E-state index in [0.717, 1.165) is 49.7 Å². The minimum Gasteiger partial charge on any atom is -0.444 e. The van der Waals surface area contributed by atoms with Crippen molar-refractivity contribution in [2.75, 3.05) is 6.54 Å². The Bertz CT molecular complexity index is 1130. The number of amides is 4. The molecule has 2 aromatic carbocycles. The van der Waals surface area contributed by atoms with E-state index in [9.17, 15) is 19.2 Å². The lowest BCUT2D eigenvalue weighted by molar-refractivity contribution is -0.133. The molecule has 0 unspecified atom stereocenters. The number of alkyl carbamates (subject to hydrolysis) is 1. The Morgan fingerprint density at radius 2 is 1.33 bits per heavy atom. The molecule has 0 aliphatic rings. The zero-order valence-electron chi connectivity index (χ0n) is 25.5. The predicted molar refractivity (Wildman–Crippen MR) is 165 cm³/mol. The third-order valence-corrected chi connectivity index (χ3v) is 6.73. The van der Waals surface area contributed by atoms with E-state index >= 15 is 0 Å². The summed E-state index contributed by atoms with van der Waals surface area (Å²) in [6.45, 7) is 7.45. The molecule has 4 amide bonds. The van der Waals surface area contributed by atoms with Gasteiger partial charge in [-0.25, -0.2) is 4.79 Å². The minimum atomic E-state index is -1.27. The summed E-state index contributed by atoms with van der Waals surface area (Å²) >= 11 is 0. The molecule has 2 aromatic rings. The Hall–Kier alpha value is -3.88. The number of ether oxygens (including phenoxy) is 1. The predicted octanol–water partition coefficient (Wildman–Crippen LogP) is 4.57. The van der Waals surface area contributed by atoms with E-state index in [1.807, 2.05) is 60.7 Å². The highest BCUT2D eigenvalue weighted by molar-refractivity contribution is 5.94. The standard InChI is InChI=1S/C33H48N4O5/c1-32(2,3)42-31(41)36-27(23-25-17-11-9-12-18-25)29(39)37-33(4,24-26-19-13-10-14-20-26)30(40)35-22-16-8-6-5-7-15-21-28(34)38/h9-14,17-20,27H,5-8,15-16,21-24H2,1-4H3,(H2,34,38)(H,35,40)(H,36,41)(H,37,39)/t27-,33+/m0/s1. The summed E-state index contributed by atoms with van der Waals surface area (Å²) in [4.78, 5) is 50.8. The van der Waals surface area contributed by atoms with Gasteiger partial charge in [-0.15, -0.1) is 0 Å². The van der Waals surface area contributed by atoms with Gasteiger partial charge in [-0.2, -0.15) is 0 Å². The van der Waals surface area contributed by atoms with Crippen molar-refractivity contribution in [2.45, 2.75) is 103 Å². The van der Waals surface area contributed by atoms with Crippen molar-refractivity contribution in [1.29, 1.82) is 0 Å². The fourth-order valence-electron chi connectivity index (χ4n) is 4.58. The Labute approximate surface area is 250 Å². The molecule has 0 heterocycles. The number of rotatable bonds is 17. The number of unbranched alkanes of at least 4 members (excludes halogenated alkanes) is 5. The first kappa shape index (κ1) is 34.3. The highest BCUT2D eigenvalue weighted by atomic mass is 16.6. The average molecular weight is 581 g/mol. The number of primary amides is 1. The third kappa shape index (κ3) is 13.7. The van der Waals surface area contributed by atoms with Gasteiger partial charge >= 0.3 is 6.09 Å². The minimum absolute atomic E-state index is 0.231. The van der Waals surface area contributed by atoms with E-state index in [1.54, 1.807) is 27.7 Å². The zero-order valence-corrected chi connectivity index (χ0v) is 25.5. The van der Waals surface area contributed by atoms with E-state index in [2.05, 4.69) is 16.0 Å². The molecule has 230 valence electrons. The molecule has 9 heteroatoms. The van der Waals surface area contributed by atoms with Crippen LogP contribution in [0.4, 0.5) is 4.79 Å². The number of hydrogen-bond donors (Lipinski definition) is 4. The van der Waals surface area contributed by atoms with Crippen LogP contribution in [0.15, 0.2) is 60.7 Å². The number of nitrogens with two attached hydrogens (primary N) is 1. The molecular weight excluding hydrogens is 532 g/mol. The van der Waals surface area contributed by atoms with E-state index < -0.39 is 29.2 Å². The van der Waals surface area contributed by atoms with Gasteiger partial charge < -0.3 is 26.4 Å². The van der Waals surface area contributed by atoms with Gasteiger partial charge in [0.25, 0.3) is 0 Å². The normalized spacial score (nSPS) is 13.3. The molecule has 2 atom stereocenters. The Balaban J connectivity index is 2.09. The number of carbonyl (C=O) groups excluding carboxylic acids is 4. The number of nitrogens with one attached hydrogen (secondary N) is 3. The molecule has 2 rings (SSSR count). The van der Waals surface area contributed by atoms with Crippen LogP contribution in [0.1, 0.15) is 83.8 Å². The number of hydrogen-bond acceptors (Lipinski definition) is 5. The van der Waals surface area contributed by atoms with Crippen molar-refractivity contribution < 1.29 is 23.9 Å². The third-order valence-electron chi connectivity index (χ3n) is 6.73. The van der Waals surface area contributed by atoms with Crippen LogP contribution in [0.2, 0.25) is 0 Å². The van der Waals surface area contributed by atoms with Gasteiger partial charge in [-0.3, -0.25) is 14.4 Å². The summed E-state index contributed by atoms with van der Waals surface area (Å²) in [5.41, 5.74) is 4.93. The van der Waals surface area contributed by atoms with Crippen LogP contribution < -0.4 is 21.7 Å². The molecule has 42 heavy (non-hydrogen) atoms.